The molecule has 0 unspecified atom stereocenters. The largest absolute Gasteiger partial charge is 0.481 e. The van der Waals surface area contributed by atoms with Gasteiger partial charge in [0.2, 0.25) is 0 Å². The van der Waals surface area contributed by atoms with Crippen LogP contribution in [0.15, 0.2) is 78.0 Å². The van der Waals surface area contributed by atoms with Crippen molar-refractivity contribution in [3.63, 3.8) is 0 Å². The highest BCUT2D eigenvalue weighted by atomic mass is 32.2. The average molecular weight is 440 g/mol. The van der Waals surface area contributed by atoms with Crippen LogP contribution in [0.2, 0.25) is 0 Å². The van der Waals surface area contributed by atoms with E-state index in [1.807, 2.05) is 24.3 Å². The smallest absolute Gasteiger partial charge is 0.265 e. The van der Waals surface area contributed by atoms with Crippen molar-refractivity contribution >= 4 is 27.3 Å². The van der Waals surface area contributed by atoms with Crippen LogP contribution >= 0.6 is 0 Å². The third kappa shape index (κ3) is 5.82. The van der Waals surface area contributed by atoms with E-state index in [-0.39, 0.29) is 16.7 Å². The van der Waals surface area contributed by atoms with E-state index in [0.29, 0.717) is 17.1 Å². The van der Waals surface area contributed by atoms with Gasteiger partial charge < -0.3 is 10.1 Å². The summed E-state index contributed by atoms with van der Waals surface area (Å²) in [6.45, 7) is 5.79. The number of hydrogen-bond acceptors (Lipinski definition) is 5. The lowest BCUT2D eigenvalue weighted by Crippen LogP contribution is -2.30. The fraction of sp³-hybridized carbons (Fsp3) is 0.217. The molecular formula is C23H25N3O4S. The van der Waals surface area contributed by atoms with Crippen LogP contribution in [0, 0.1) is 0 Å². The van der Waals surface area contributed by atoms with Gasteiger partial charge in [-0.1, -0.05) is 32.0 Å². The zero-order valence-corrected chi connectivity index (χ0v) is 18.4. The zero-order chi connectivity index (χ0) is 22.4. The van der Waals surface area contributed by atoms with Gasteiger partial charge in [-0.15, -0.1) is 0 Å². The quantitative estimate of drug-likeness (QED) is 0.542. The second kappa shape index (κ2) is 9.61. The molecule has 3 aromatic rings. The fourth-order valence-corrected chi connectivity index (χ4v) is 3.95. The third-order valence-corrected chi connectivity index (χ3v) is 5.96. The van der Waals surface area contributed by atoms with Crippen LogP contribution in [0.5, 0.6) is 5.75 Å². The first-order valence-corrected chi connectivity index (χ1v) is 11.3. The molecule has 0 radical (unpaired) electrons. The van der Waals surface area contributed by atoms with Gasteiger partial charge in [-0.3, -0.25) is 14.5 Å². The van der Waals surface area contributed by atoms with E-state index in [0.717, 1.165) is 5.56 Å². The lowest BCUT2D eigenvalue weighted by molar-refractivity contribution is -0.122. The van der Waals surface area contributed by atoms with E-state index in [1.54, 1.807) is 25.3 Å². The molecule has 0 fully saturated rings. The molecule has 0 aliphatic rings. The fourth-order valence-electron chi connectivity index (χ4n) is 2.91. The van der Waals surface area contributed by atoms with Gasteiger partial charge in [0.25, 0.3) is 15.9 Å². The molecule has 2 N–H and O–H groups in total. The summed E-state index contributed by atoms with van der Waals surface area (Å²) in [7, 11) is -3.76. The second-order valence-corrected chi connectivity index (χ2v) is 9.00. The summed E-state index contributed by atoms with van der Waals surface area (Å²) < 4.78 is 33.3. The van der Waals surface area contributed by atoms with Gasteiger partial charge in [0.1, 0.15) is 5.75 Å². The van der Waals surface area contributed by atoms with Crippen LogP contribution in [-0.4, -0.2) is 25.4 Å². The Balaban J connectivity index is 1.65. The highest BCUT2D eigenvalue weighted by Crippen LogP contribution is 2.27. The number of pyridine rings is 1. The molecule has 8 heteroatoms. The highest BCUT2D eigenvalue weighted by Gasteiger charge is 2.18. The molecule has 0 saturated heterocycles. The molecule has 1 aromatic heterocycles. The van der Waals surface area contributed by atoms with Gasteiger partial charge >= 0.3 is 0 Å². The van der Waals surface area contributed by atoms with Crippen LogP contribution in [-0.2, 0) is 14.8 Å². The molecule has 0 spiro atoms. The lowest BCUT2D eigenvalue weighted by Gasteiger charge is -2.18. The number of anilines is 2. The Labute approximate surface area is 182 Å². The van der Waals surface area contributed by atoms with Gasteiger partial charge in [0.15, 0.2) is 6.10 Å². The number of nitrogens with one attached hydrogen (secondary N) is 2. The number of rotatable bonds is 8. The second-order valence-electron chi connectivity index (χ2n) is 7.31. The van der Waals surface area contributed by atoms with Gasteiger partial charge in [-0.2, -0.15) is 0 Å². The summed E-state index contributed by atoms with van der Waals surface area (Å²) in [6, 6.07) is 16.8. The maximum atomic E-state index is 12.5. The molecule has 1 heterocycles. The van der Waals surface area contributed by atoms with E-state index >= 15 is 0 Å². The lowest BCUT2D eigenvalue weighted by atomic mass is 10.0. The van der Waals surface area contributed by atoms with Gasteiger partial charge in [0.05, 0.1) is 16.8 Å². The first-order chi connectivity index (χ1) is 14.8. The van der Waals surface area contributed by atoms with Crippen LogP contribution in [0.3, 0.4) is 0 Å². The minimum Gasteiger partial charge on any atom is -0.481 e. The van der Waals surface area contributed by atoms with Gasteiger partial charge in [-0.25, -0.2) is 8.42 Å². The van der Waals surface area contributed by atoms with Gasteiger partial charge in [-0.05, 0) is 60.9 Å². The predicted octanol–water partition coefficient (Wildman–Crippen LogP) is 4.41. The number of hydrogen-bond donors (Lipinski definition) is 2. The number of carbonyl (C=O) groups excluding carboxylic acids is 1. The number of carbonyl (C=O) groups is 1. The Kier molecular flexibility index (Phi) is 6.91. The molecule has 1 amide bonds. The summed E-state index contributed by atoms with van der Waals surface area (Å²) in [4.78, 5) is 16.5. The van der Waals surface area contributed by atoms with Crippen LogP contribution < -0.4 is 14.8 Å². The van der Waals surface area contributed by atoms with E-state index < -0.39 is 16.1 Å². The Morgan fingerprint density at radius 2 is 1.65 bits per heavy atom. The minimum atomic E-state index is -3.76. The molecule has 0 bridgehead atoms. The van der Waals surface area contributed by atoms with Crippen molar-refractivity contribution in [3.05, 3.63) is 78.6 Å². The zero-order valence-electron chi connectivity index (χ0n) is 17.6. The van der Waals surface area contributed by atoms with E-state index in [4.69, 9.17) is 4.74 Å². The minimum absolute atomic E-state index is 0.0736. The van der Waals surface area contributed by atoms with E-state index in [1.165, 1.54) is 30.5 Å². The Morgan fingerprint density at radius 3 is 2.29 bits per heavy atom. The molecule has 0 saturated carbocycles. The normalized spacial score (nSPS) is 12.3. The SMILES string of the molecule is CC(C)c1ccccc1O[C@@H](C)C(=O)Nc1ccc(S(=O)(=O)Nc2cccnc2)cc1. The topological polar surface area (TPSA) is 97.4 Å². The van der Waals surface area contributed by atoms with Crippen LogP contribution in [0.1, 0.15) is 32.3 Å². The van der Waals surface area contributed by atoms with Gasteiger partial charge in [0, 0.05) is 11.9 Å². The van der Waals surface area contributed by atoms with Crippen molar-refractivity contribution in [2.75, 3.05) is 10.0 Å². The summed E-state index contributed by atoms with van der Waals surface area (Å²) >= 11 is 0. The van der Waals surface area contributed by atoms with Crippen molar-refractivity contribution in [1.82, 2.24) is 4.98 Å². The molecule has 31 heavy (non-hydrogen) atoms. The monoisotopic (exact) mass is 439 g/mol. The molecule has 7 nitrogen and oxygen atoms in total. The number of sulfonamides is 1. The molecule has 0 aliphatic heterocycles. The number of nitrogens with zero attached hydrogens (tertiary/aromatic N) is 1. The molecule has 0 aliphatic carbocycles. The molecular weight excluding hydrogens is 414 g/mol. The summed E-state index contributed by atoms with van der Waals surface area (Å²) in [5.74, 6) is 0.604. The Bertz CT molecular complexity index is 1130. The highest BCUT2D eigenvalue weighted by molar-refractivity contribution is 7.92. The van der Waals surface area contributed by atoms with Crippen LogP contribution in [0.25, 0.3) is 0 Å². The molecule has 3 rings (SSSR count). The standard InChI is InChI=1S/C23H25N3O4S/c1-16(2)21-8-4-5-9-22(21)30-17(3)23(27)25-18-10-12-20(13-11-18)31(28,29)26-19-7-6-14-24-15-19/h4-17,26H,1-3H3,(H,25,27)/t17-/m0/s1. The van der Waals surface area contributed by atoms with E-state index in [2.05, 4.69) is 28.9 Å². The van der Waals surface area contributed by atoms with Crippen molar-refractivity contribution in [2.24, 2.45) is 0 Å². The summed E-state index contributed by atoms with van der Waals surface area (Å²) in [6.07, 6.45) is 2.25. The molecule has 1 atom stereocenters. The number of aromatic nitrogens is 1. The number of benzene rings is 2. The Hall–Kier alpha value is -3.39. The first kappa shape index (κ1) is 22.3. The summed E-state index contributed by atoms with van der Waals surface area (Å²) in [5.41, 5.74) is 1.86. The van der Waals surface area contributed by atoms with Crippen molar-refractivity contribution < 1.29 is 17.9 Å². The number of amides is 1. The molecule has 2 aromatic carbocycles. The maximum Gasteiger partial charge on any atom is 0.265 e. The number of para-hydroxylation sites is 1. The Morgan fingerprint density at radius 1 is 0.935 bits per heavy atom. The molecule has 162 valence electrons. The van der Waals surface area contributed by atoms with E-state index in [9.17, 15) is 13.2 Å². The average Bonchev–Trinajstić information content (AvgIpc) is 2.74. The first-order valence-electron chi connectivity index (χ1n) is 9.85. The third-order valence-electron chi connectivity index (χ3n) is 4.56. The van der Waals surface area contributed by atoms with Crippen molar-refractivity contribution in [1.29, 1.82) is 0 Å². The summed E-state index contributed by atoms with van der Waals surface area (Å²) in [5, 5.41) is 2.75. The number of ether oxygens (including phenoxy) is 1. The van der Waals surface area contributed by atoms with Crippen LogP contribution in [0.4, 0.5) is 11.4 Å². The predicted molar refractivity (Wildman–Crippen MR) is 121 cm³/mol. The van der Waals surface area contributed by atoms with Crippen molar-refractivity contribution in [2.45, 2.75) is 37.7 Å². The maximum absolute atomic E-state index is 12.5. The van der Waals surface area contributed by atoms with Crippen molar-refractivity contribution in [3.8, 4) is 5.75 Å².